The first-order chi connectivity index (χ1) is 12.3. The molecule has 0 aromatic rings. The quantitative estimate of drug-likeness (QED) is 0.359. The van der Waals surface area contributed by atoms with Gasteiger partial charge in [0, 0.05) is 60.6 Å². The number of Topliss-reactive ketones (excluding diaryl/α,β-unsaturated/α-hetero) is 2. The Labute approximate surface area is 165 Å². The van der Waals surface area contributed by atoms with Crippen LogP contribution in [0, 0.1) is 0 Å². The van der Waals surface area contributed by atoms with Crippen LogP contribution < -0.4 is 10.6 Å². The first-order valence-corrected chi connectivity index (χ1v) is 7.56. The van der Waals surface area contributed by atoms with Gasteiger partial charge < -0.3 is 15.7 Å². The number of carbonyl (C=O) groups is 3. The maximum Gasteiger partial charge on any atom is 0.300 e. The van der Waals surface area contributed by atoms with Crippen molar-refractivity contribution >= 4 is 17.5 Å². The van der Waals surface area contributed by atoms with Gasteiger partial charge in [0.25, 0.3) is 5.97 Å². The fourth-order valence-corrected chi connectivity index (χ4v) is 1.79. The van der Waals surface area contributed by atoms with E-state index in [9.17, 15) is 18.4 Å². The number of hydrogen-bond donors (Lipinski definition) is 3. The van der Waals surface area contributed by atoms with Crippen LogP contribution in [0.25, 0.3) is 0 Å². The molecule has 0 aliphatic heterocycles. The second-order valence-electron chi connectivity index (χ2n) is 5.03. The van der Waals surface area contributed by atoms with Crippen LogP contribution in [0.2, 0.25) is 0 Å². The molecule has 0 fully saturated rings. The molecule has 0 spiro atoms. The van der Waals surface area contributed by atoms with Gasteiger partial charge in [-0.3, -0.25) is 14.4 Å². The Hall–Kier alpha value is -2.77. The first kappa shape index (κ1) is 24.2. The van der Waals surface area contributed by atoms with Gasteiger partial charge >= 0.3 is 0 Å². The molecule has 0 bridgehead atoms. The maximum absolute atomic E-state index is 13.0. The van der Waals surface area contributed by atoms with E-state index in [1.165, 1.54) is 36.7 Å². The largest absolute Gasteiger partial charge is 0.481 e. The summed E-state index contributed by atoms with van der Waals surface area (Å²) in [7, 11) is 0. The zero-order chi connectivity index (χ0) is 19.5. The maximum atomic E-state index is 13.0. The van der Waals surface area contributed by atoms with Crippen molar-refractivity contribution in [3.8, 4) is 0 Å². The summed E-state index contributed by atoms with van der Waals surface area (Å²) in [6.45, 7) is 1.96. The van der Waals surface area contributed by atoms with Gasteiger partial charge in [-0.1, -0.05) is 12.2 Å². The van der Waals surface area contributed by atoms with E-state index in [0.29, 0.717) is 13.1 Å². The molecule has 2 aliphatic carbocycles. The monoisotopic (exact) mass is 419 g/mol. The molecule has 0 saturated carbocycles. The Morgan fingerprint density at radius 1 is 0.963 bits per heavy atom. The van der Waals surface area contributed by atoms with Crippen LogP contribution in [0.1, 0.15) is 6.92 Å². The van der Waals surface area contributed by atoms with Crippen molar-refractivity contribution in [2.24, 2.45) is 0 Å². The number of aliphatic carboxylic acids is 1. The fraction of sp³-hybridized carbons (Fsp3) is 0.167. The molecule has 27 heavy (non-hydrogen) atoms. The van der Waals surface area contributed by atoms with Gasteiger partial charge in [0.05, 0.1) is 0 Å². The van der Waals surface area contributed by atoms with Crippen molar-refractivity contribution in [3.05, 3.63) is 71.7 Å². The third kappa shape index (κ3) is 8.94. The first-order valence-electron chi connectivity index (χ1n) is 7.56. The van der Waals surface area contributed by atoms with Crippen molar-refractivity contribution in [2.45, 2.75) is 6.92 Å². The van der Waals surface area contributed by atoms with Crippen molar-refractivity contribution in [1.29, 1.82) is 0 Å². The molecule has 9 heteroatoms. The van der Waals surface area contributed by atoms with E-state index in [-0.39, 0.29) is 28.2 Å². The molecule has 0 amide bonds. The van der Waals surface area contributed by atoms with E-state index in [2.05, 4.69) is 10.6 Å². The molecule has 6 nitrogen and oxygen atoms in total. The normalized spacial score (nSPS) is 18.2. The van der Waals surface area contributed by atoms with E-state index in [0.717, 1.165) is 19.1 Å². The summed E-state index contributed by atoms with van der Waals surface area (Å²) in [4.78, 5) is 31.8. The molecular weight excluding hydrogens is 401 g/mol. The van der Waals surface area contributed by atoms with Crippen molar-refractivity contribution in [2.75, 3.05) is 13.1 Å². The number of allylic oxidation sites excluding steroid dienone is 10. The number of nitrogens with one attached hydrogen (secondary N) is 2. The SMILES string of the molecule is CC(=O)O.O=C1C(F)=CC=C/C1=C/NCCN/C=C1/C=CC=C(F)C1=O.[Mn]. The number of ketones is 2. The number of halogens is 2. The topological polar surface area (TPSA) is 95.5 Å². The van der Waals surface area contributed by atoms with Gasteiger partial charge in [-0.2, -0.15) is 0 Å². The zero-order valence-electron chi connectivity index (χ0n) is 14.3. The standard InChI is InChI=1S/C16H14F2N2O2.C2H4O2.Mn/c17-13-5-1-3-11(15(13)21)9-19-7-8-20-10-12-4-2-6-14(18)16(12)22;1-2(3)4;/h1-6,9-10,19-20H,7-8H2;1H3,(H,3,4);/b11-9-,12-10-;;. The molecule has 3 N–H and O–H groups in total. The summed E-state index contributed by atoms with van der Waals surface area (Å²) in [6.07, 6.45) is 11.0. The molecule has 145 valence electrons. The predicted octanol–water partition coefficient (Wildman–Crippen LogP) is 2.01. The number of carboxylic acid groups (broad SMARTS) is 1. The van der Waals surface area contributed by atoms with Gasteiger partial charge in [-0.25, -0.2) is 8.78 Å². The smallest absolute Gasteiger partial charge is 0.300 e. The summed E-state index contributed by atoms with van der Waals surface area (Å²) in [5.74, 6) is -3.75. The molecule has 0 aromatic heterocycles. The van der Waals surface area contributed by atoms with Gasteiger partial charge in [-0.05, 0) is 24.3 Å². The van der Waals surface area contributed by atoms with Crippen LogP contribution in [0.4, 0.5) is 8.78 Å². The average Bonchev–Trinajstić information content (AvgIpc) is 2.57. The van der Waals surface area contributed by atoms with Gasteiger partial charge in [0.2, 0.25) is 11.6 Å². The third-order valence-corrected chi connectivity index (χ3v) is 2.92. The summed E-state index contributed by atoms with van der Waals surface area (Å²) in [5, 5.41) is 13.1. The Kier molecular flexibility index (Phi) is 11.3. The molecular formula is C18H18F2MnN2O4. The molecule has 0 aromatic carbocycles. The molecule has 2 aliphatic rings. The average molecular weight is 419 g/mol. The Bertz CT molecular complexity index is 703. The zero-order valence-corrected chi connectivity index (χ0v) is 15.5. The van der Waals surface area contributed by atoms with Crippen LogP contribution in [-0.4, -0.2) is 35.7 Å². The molecule has 0 heterocycles. The summed E-state index contributed by atoms with van der Waals surface area (Å²) < 4.78 is 26.1. The summed E-state index contributed by atoms with van der Waals surface area (Å²) >= 11 is 0. The molecule has 0 atom stereocenters. The van der Waals surface area contributed by atoms with E-state index in [1.807, 2.05) is 0 Å². The minimum absolute atomic E-state index is 0. The molecule has 0 unspecified atom stereocenters. The van der Waals surface area contributed by atoms with Gasteiger partial charge in [0.1, 0.15) is 0 Å². The molecule has 2 rings (SSSR count). The van der Waals surface area contributed by atoms with Gasteiger partial charge in [-0.15, -0.1) is 0 Å². The van der Waals surface area contributed by atoms with Crippen molar-refractivity contribution in [3.63, 3.8) is 0 Å². The van der Waals surface area contributed by atoms with E-state index in [1.54, 1.807) is 0 Å². The minimum Gasteiger partial charge on any atom is -0.481 e. The van der Waals surface area contributed by atoms with Crippen molar-refractivity contribution < 1.29 is 45.3 Å². The second kappa shape index (κ2) is 12.6. The fourth-order valence-electron chi connectivity index (χ4n) is 1.79. The van der Waals surface area contributed by atoms with Crippen LogP contribution in [-0.2, 0) is 31.5 Å². The van der Waals surface area contributed by atoms with Crippen LogP contribution in [0.3, 0.4) is 0 Å². The van der Waals surface area contributed by atoms with Crippen LogP contribution >= 0.6 is 0 Å². The van der Waals surface area contributed by atoms with Crippen LogP contribution in [0.15, 0.2) is 71.7 Å². The summed E-state index contributed by atoms with van der Waals surface area (Å²) in [6, 6.07) is 0. The molecule has 1 radical (unpaired) electrons. The van der Waals surface area contributed by atoms with E-state index >= 15 is 0 Å². The number of carbonyl (C=O) groups excluding carboxylic acids is 2. The Morgan fingerprint density at radius 2 is 1.30 bits per heavy atom. The summed E-state index contributed by atoms with van der Waals surface area (Å²) in [5.41, 5.74) is 0.465. The minimum atomic E-state index is -0.833. The number of rotatable bonds is 5. The van der Waals surface area contributed by atoms with E-state index in [4.69, 9.17) is 9.90 Å². The van der Waals surface area contributed by atoms with Crippen LogP contribution in [0.5, 0.6) is 0 Å². The second-order valence-corrected chi connectivity index (χ2v) is 5.03. The number of carboxylic acids is 1. The Balaban J connectivity index is 0.00000123. The third-order valence-electron chi connectivity index (χ3n) is 2.92. The van der Waals surface area contributed by atoms with E-state index < -0.39 is 29.2 Å². The van der Waals surface area contributed by atoms with Gasteiger partial charge in [0.15, 0.2) is 11.7 Å². The Morgan fingerprint density at radius 3 is 1.63 bits per heavy atom. The molecule has 0 saturated heterocycles. The predicted molar refractivity (Wildman–Crippen MR) is 92.2 cm³/mol. The van der Waals surface area contributed by atoms with Crippen molar-refractivity contribution in [1.82, 2.24) is 10.6 Å². The number of hydrogen-bond acceptors (Lipinski definition) is 5.